The van der Waals surface area contributed by atoms with E-state index in [0.29, 0.717) is 15.8 Å². The number of carbonyl (C=O) groups is 1. The molecule has 0 saturated heterocycles. The number of aromatic carboxylic acids is 1. The topological polar surface area (TPSA) is 37.3 Å². The quantitative estimate of drug-likeness (QED) is 0.801. The fraction of sp³-hybridized carbons (Fsp3) is 0.500. The monoisotopic (exact) mass is 230 g/mol. The van der Waals surface area contributed by atoms with Gasteiger partial charge in [0.1, 0.15) is 4.34 Å². The van der Waals surface area contributed by atoms with Crippen LogP contribution in [-0.4, -0.2) is 11.1 Å². The second-order valence-corrected chi connectivity index (χ2v) is 5.39. The fourth-order valence-electron chi connectivity index (χ4n) is 2.08. The number of fused-ring (bicyclic) bond motifs is 1. The highest BCUT2D eigenvalue weighted by molar-refractivity contribution is 7.16. The molecule has 0 aromatic carbocycles. The number of halogens is 1. The number of carboxylic acids is 1. The molecule has 0 spiro atoms. The van der Waals surface area contributed by atoms with Crippen LogP contribution in [0.4, 0.5) is 0 Å². The first-order valence-corrected chi connectivity index (χ1v) is 5.85. The summed E-state index contributed by atoms with van der Waals surface area (Å²) in [6.07, 6.45) is 3.20. The molecule has 2 rings (SSSR count). The molecule has 1 N–H and O–H groups in total. The first kappa shape index (κ1) is 9.99. The Kier molecular flexibility index (Phi) is 2.54. The molecule has 0 radical (unpaired) electrons. The summed E-state index contributed by atoms with van der Waals surface area (Å²) in [5, 5.41) is 9.05. The van der Waals surface area contributed by atoms with E-state index in [-0.39, 0.29) is 0 Å². The minimum absolute atomic E-state index is 0.341. The van der Waals surface area contributed by atoms with Gasteiger partial charge in [-0.2, -0.15) is 0 Å². The Balaban J connectivity index is 2.59. The highest BCUT2D eigenvalue weighted by Gasteiger charge is 2.28. The average Bonchev–Trinajstić information content (AvgIpc) is 2.42. The van der Waals surface area contributed by atoms with Crippen molar-refractivity contribution in [1.29, 1.82) is 0 Å². The fourth-order valence-corrected chi connectivity index (χ4v) is 3.72. The Bertz CT molecular complexity index is 384. The molecule has 76 valence electrons. The van der Waals surface area contributed by atoms with Gasteiger partial charge in [0.15, 0.2) is 0 Å². The summed E-state index contributed by atoms with van der Waals surface area (Å²) in [5.74, 6) is -0.546. The van der Waals surface area contributed by atoms with Crippen molar-refractivity contribution in [3.05, 3.63) is 20.3 Å². The lowest BCUT2D eigenvalue weighted by molar-refractivity contribution is 0.0695. The Morgan fingerprint density at radius 1 is 1.64 bits per heavy atom. The molecular weight excluding hydrogens is 220 g/mol. The number of hydrogen-bond donors (Lipinski definition) is 1. The van der Waals surface area contributed by atoms with Crippen LogP contribution in [0.2, 0.25) is 4.34 Å². The van der Waals surface area contributed by atoms with Gasteiger partial charge in [-0.1, -0.05) is 18.5 Å². The molecule has 0 amide bonds. The standard InChI is InChI=1S/C10H11ClO2S/c1-5-3-2-4-6-7(5)8(10(12)13)9(11)14-6/h5H,2-4H2,1H3,(H,12,13). The summed E-state index contributed by atoms with van der Waals surface area (Å²) in [5.41, 5.74) is 1.33. The molecule has 1 unspecified atom stereocenters. The van der Waals surface area contributed by atoms with Gasteiger partial charge < -0.3 is 5.11 Å². The van der Waals surface area contributed by atoms with Crippen molar-refractivity contribution >= 4 is 28.9 Å². The van der Waals surface area contributed by atoms with Crippen LogP contribution in [0.5, 0.6) is 0 Å². The van der Waals surface area contributed by atoms with Crippen LogP contribution in [0, 0.1) is 0 Å². The summed E-state index contributed by atoms with van der Waals surface area (Å²) < 4.78 is 0.441. The maximum absolute atomic E-state index is 11.0. The van der Waals surface area contributed by atoms with Crippen LogP contribution >= 0.6 is 22.9 Å². The van der Waals surface area contributed by atoms with Gasteiger partial charge in [-0.15, -0.1) is 11.3 Å². The van der Waals surface area contributed by atoms with Crippen LogP contribution in [0.3, 0.4) is 0 Å². The predicted octanol–water partition coefficient (Wildman–Crippen LogP) is 3.54. The molecule has 1 aliphatic rings. The third-order valence-electron chi connectivity index (χ3n) is 2.73. The van der Waals surface area contributed by atoms with Crippen molar-refractivity contribution in [2.24, 2.45) is 0 Å². The minimum atomic E-state index is -0.888. The third-order valence-corrected chi connectivity index (χ3v) is 4.20. The van der Waals surface area contributed by atoms with Gasteiger partial charge >= 0.3 is 5.97 Å². The second-order valence-electron chi connectivity index (χ2n) is 3.69. The largest absolute Gasteiger partial charge is 0.478 e. The number of rotatable bonds is 1. The number of aryl methyl sites for hydroxylation is 1. The molecule has 1 heterocycles. The van der Waals surface area contributed by atoms with Crippen molar-refractivity contribution in [2.75, 3.05) is 0 Å². The van der Waals surface area contributed by atoms with Crippen LogP contribution in [0.25, 0.3) is 0 Å². The van der Waals surface area contributed by atoms with E-state index < -0.39 is 5.97 Å². The summed E-state index contributed by atoms with van der Waals surface area (Å²) in [6.45, 7) is 2.08. The van der Waals surface area contributed by atoms with E-state index in [2.05, 4.69) is 6.92 Å². The van der Waals surface area contributed by atoms with Crippen molar-refractivity contribution < 1.29 is 9.90 Å². The van der Waals surface area contributed by atoms with E-state index in [0.717, 1.165) is 24.8 Å². The van der Waals surface area contributed by atoms with Crippen LogP contribution < -0.4 is 0 Å². The van der Waals surface area contributed by atoms with Crippen molar-refractivity contribution in [3.8, 4) is 0 Å². The summed E-state index contributed by atoms with van der Waals surface area (Å²) in [4.78, 5) is 12.2. The van der Waals surface area contributed by atoms with Gasteiger partial charge in [0.25, 0.3) is 0 Å². The Morgan fingerprint density at radius 3 is 3.00 bits per heavy atom. The average molecular weight is 231 g/mol. The zero-order valence-electron chi connectivity index (χ0n) is 7.84. The molecule has 1 atom stereocenters. The van der Waals surface area contributed by atoms with Crippen molar-refractivity contribution in [2.45, 2.75) is 32.1 Å². The van der Waals surface area contributed by atoms with Gasteiger partial charge in [-0.3, -0.25) is 0 Å². The van der Waals surface area contributed by atoms with E-state index in [4.69, 9.17) is 16.7 Å². The maximum atomic E-state index is 11.0. The number of hydrogen-bond acceptors (Lipinski definition) is 2. The van der Waals surface area contributed by atoms with Crippen LogP contribution in [0.15, 0.2) is 0 Å². The minimum Gasteiger partial charge on any atom is -0.478 e. The first-order chi connectivity index (χ1) is 6.61. The summed E-state index contributed by atoms with van der Waals surface area (Å²) in [6, 6.07) is 0. The Hall–Kier alpha value is -0.540. The molecule has 0 aliphatic heterocycles. The molecule has 0 fully saturated rings. The van der Waals surface area contributed by atoms with E-state index in [1.807, 2.05) is 0 Å². The lowest BCUT2D eigenvalue weighted by Gasteiger charge is -2.18. The number of thiophene rings is 1. The highest BCUT2D eigenvalue weighted by Crippen LogP contribution is 2.42. The maximum Gasteiger partial charge on any atom is 0.338 e. The zero-order chi connectivity index (χ0) is 10.3. The lowest BCUT2D eigenvalue weighted by atomic mass is 9.87. The third kappa shape index (κ3) is 1.44. The van der Waals surface area contributed by atoms with Gasteiger partial charge in [0, 0.05) is 4.88 Å². The van der Waals surface area contributed by atoms with E-state index >= 15 is 0 Å². The summed E-state index contributed by atoms with van der Waals surface area (Å²) in [7, 11) is 0. The number of carboxylic acid groups (broad SMARTS) is 1. The Labute approximate surface area is 91.5 Å². The molecule has 2 nitrogen and oxygen atoms in total. The molecule has 1 aliphatic carbocycles. The van der Waals surface area contributed by atoms with E-state index in [1.54, 1.807) is 0 Å². The van der Waals surface area contributed by atoms with Gasteiger partial charge in [-0.25, -0.2) is 4.79 Å². The van der Waals surface area contributed by atoms with E-state index in [9.17, 15) is 4.79 Å². The van der Waals surface area contributed by atoms with Gasteiger partial charge in [-0.05, 0) is 30.7 Å². The molecule has 0 bridgehead atoms. The van der Waals surface area contributed by atoms with E-state index in [1.165, 1.54) is 16.2 Å². The first-order valence-electron chi connectivity index (χ1n) is 4.65. The van der Waals surface area contributed by atoms with Crippen LogP contribution in [-0.2, 0) is 6.42 Å². The van der Waals surface area contributed by atoms with Gasteiger partial charge in [0.05, 0.1) is 5.56 Å². The van der Waals surface area contributed by atoms with Crippen molar-refractivity contribution in [1.82, 2.24) is 0 Å². The lowest BCUT2D eigenvalue weighted by Crippen LogP contribution is -2.09. The Morgan fingerprint density at radius 2 is 2.36 bits per heavy atom. The highest BCUT2D eigenvalue weighted by atomic mass is 35.5. The SMILES string of the molecule is CC1CCCc2sc(Cl)c(C(=O)O)c21. The summed E-state index contributed by atoms with van der Waals surface area (Å²) >= 11 is 7.37. The normalized spacial score (nSPS) is 20.6. The second kappa shape index (κ2) is 3.55. The van der Waals surface area contributed by atoms with Gasteiger partial charge in [0.2, 0.25) is 0 Å². The van der Waals surface area contributed by atoms with Crippen LogP contribution in [0.1, 0.15) is 46.5 Å². The zero-order valence-corrected chi connectivity index (χ0v) is 9.41. The predicted molar refractivity (Wildman–Crippen MR) is 57.6 cm³/mol. The molecule has 14 heavy (non-hydrogen) atoms. The molecule has 0 saturated carbocycles. The molecule has 1 aromatic rings. The molecule has 4 heteroatoms. The van der Waals surface area contributed by atoms with Crippen molar-refractivity contribution in [3.63, 3.8) is 0 Å². The molecular formula is C10H11ClO2S. The molecule has 1 aromatic heterocycles. The smallest absolute Gasteiger partial charge is 0.338 e.